The molecule has 0 saturated heterocycles. The predicted molar refractivity (Wildman–Crippen MR) is 112 cm³/mol. The Morgan fingerprint density at radius 2 is 2.00 bits per heavy atom. The van der Waals surface area contributed by atoms with Crippen molar-refractivity contribution < 1.29 is 19.4 Å². The molecule has 2 aromatic carbocycles. The summed E-state index contributed by atoms with van der Waals surface area (Å²) >= 11 is 0. The molecule has 7 nitrogen and oxygen atoms in total. The van der Waals surface area contributed by atoms with Gasteiger partial charge in [-0.3, -0.25) is 14.9 Å². The SMILES string of the molecule is CCNC(=O)[C@@H]1[C@H](c2cc([N+](=O)[O-])ccc2[O-])CC2=[N+]1c1ccc(C)cc1C2(C)C. The lowest BCUT2D eigenvalue weighted by Crippen LogP contribution is -2.41. The fourth-order valence-corrected chi connectivity index (χ4v) is 4.93. The van der Waals surface area contributed by atoms with Crippen molar-refractivity contribution in [3.8, 4) is 5.75 Å². The van der Waals surface area contributed by atoms with Gasteiger partial charge in [-0.05, 0) is 39.3 Å². The Morgan fingerprint density at radius 3 is 2.67 bits per heavy atom. The molecule has 2 heterocycles. The normalized spacial score (nSPS) is 21.3. The third-order valence-corrected chi connectivity index (χ3v) is 6.39. The number of carbonyl (C=O) groups excluding carboxylic acids is 1. The number of carbonyl (C=O) groups is 1. The molecule has 0 radical (unpaired) electrons. The van der Waals surface area contributed by atoms with Crippen LogP contribution in [0.1, 0.15) is 49.8 Å². The fraction of sp³-hybridized carbons (Fsp3) is 0.391. The van der Waals surface area contributed by atoms with Crippen molar-refractivity contribution >= 4 is 23.0 Å². The summed E-state index contributed by atoms with van der Waals surface area (Å²) in [6, 6.07) is 9.36. The lowest BCUT2D eigenvalue weighted by molar-refractivity contribution is -0.462. The summed E-state index contributed by atoms with van der Waals surface area (Å²) in [5, 5.41) is 26.9. The third kappa shape index (κ3) is 2.88. The molecule has 30 heavy (non-hydrogen) atoms. The Labute approximate surface area is 175 Å². The highest BCUT2D eigenvalue weighted by Crippen LogP contribution is 2.50. The number of benzene rings is 2. The van der Waals surface area contributed by atoms with Crippen molar-refractivity contribution in [2.45, 2.75) is 51.5 Å². The van der Waals surface area contributed by atoms with E-state index in [2.05, 4.69) is 29.8 Å². The molecule has 0 aliphatic carbocycles. The summed E-state index contributed by atoms with van der Waals surface area (Å²) in [5.74, 6) is -0.899. The number of amides is 1. The van der Waals surface area contributed by atoms with Gasteiger partial charge in [0.2, 0.25) is 11.7 Å². The second-order valence-electron chi connectivity index (χ2n) is 8.59. The highest BCUT2D eigenvalue weighted by Gasteiger charge is 2.58. The molecular formula is C23H25N3O4. The minimum atomic E-state index is -0.627. The van der Waals surface area contributed by atoms with Crippen LogP contribution < -0.4 is 10.4 Å². The van der Waals surface area contributed by atoms with E-state index in [1.807, 2.05) is 26.0 Å². The Balaban J connectivity index is 1.89. The van der Waals surface area contributed by atoms with Crippen LogP contribution in [0.4, 0.5) is 11.4 Å². The van der Waals surface area contributed by atoms with E-state index < -0.39 is 16.9 Å². The van der Waals surface area contributed by atoms with Gasteiger partial charge < -0.3 is 10.4 Å². The summed E-state index contributed by atoms with van der Waals surface area (Å²) in [5.41, 5.74) is 4.23. The van der Waals surface area contributed by atoms with E-state index in [0.717, 1.165) is 22.5 Å². The molecule has 2 atom stereocenters. The Bertz CT molecular complexity index is 1100. The predicted octanol–water partition coefficient (Wildman–Crippen LogP) is 3.05. The van der Waals surface area contributed by atoms with E-state index >= 15 is 0 Å². The summed E-state index contributed by atoms with van der Waals surface area (Å²) in [6.45, 7) is 8.62. The maximum atomic E-state index is 13.2. The molecule has 0 bridgehead atoms. The van der Waals surface area contributed by atoms with Crippen LogP contribution >= 0.6 is 0 Å². The van der Waals surface area contributed by atoms with Crippen molar-refractivity contribution in [2.75, 3.05) is 6.54 Å². The van der Waals surface area contributed by atoms with E-state index in [0.29, 0.717) is 18.5 Å². The van der Waals surface area contributed by atoms with Crippen molar-refractivity contribution in [2.24, 2.45) is 0 Å². The number of nitro benzene ring substituents is 1. The monoisotopic (exact) mass is 407 g/mol. The maximum absolute atomic E-state index is 13.2. The minimum absolute atomic E-state index is 0.133. The summed E-state index contributed by atoms with van der Waals surface area (Å²) in [6.07, 6.45) is 0.499. The quantitative estimate of drug-likeness (QED) is 0.478. The van der Waals surface area contributed by atoms with Gasteiger partial charge in [-0.25, -0.2) is 0 Å². The first-order valence-corrected chi connectivity index (χ1v) is 10.2. The molecule has 0 unspecified atom stereocenters. The second-order valence-corrected chi connectivity index (χ2v) is 8.59. The standard InChI is InChI=1S/C23H25N3O4/c1-5-24-22(28)21-16(15-11-14(26(29)30)7-9-19(15)27)12-20-23(3,4)17-10-13(2)6-8-18(17)25(20)21/h6-11,16,21H,5,12H2,1-4H3,(H-,24,27,28)/t16-,21-/m0/s1. The number of nitrogens with zero attached hydrogens (tertiary/aromatic N) is 2. The van der Waals surface area contributed by atoms with Gasteiger partial charge in [0.15, 0.2) is 5.71 Å². The minimum Gasteiger partial charge on any atom is -0.872 e. The highest BCUT2D eigenvalue weighted by atomic mass is 16.6. The van der Waals surface area contributed by atoms with Crippen LogP contribution in [0.25, 0.3) is 0 Å². The molecule has 7 heteroatoms. The number of hydrogen-bond acceptors (Lipinski definition) is 4. The molecule has 156 valence electrons. The smallest absolute Gasteiger partial charge is 0.289 e. The van der Waals surface area contributed by atoms with Crippen molar-refractivity contribution in [3.63, 3.8) is 0 Å². The average molecular weight is 407 g/mol. The summed E-state index contributed by atoms with van der Waals surface area (Å²) in [7, 11) is 0. The van der Waals surface area contributed by atoms with Crippen molar-refractivity contribution in [1.29, 1.82) is 0 Å². The molecule has 2 aromatic rings. The number of likely N-dealkylation sites (N-methyl/N-ethyl adjacent to an activating group) is 1. The van der Waals surface area contributed by atoms with Gasteiger partial charge in [0, 0.05) is 36.7 Å². The topological polar surface area (TPSA) is 98.3 Å². The zero-order valence-electron chi connectivity index (χ0n) is 17.6. The number of fused-ring (bicyclic) bond motifs is 2. The van der Waals surface area contributed by atoms with E-state index in [9.17, 15) is 20.0 Å². The molecule has 0 fully saturated rings. The van der Waals surface area contributed by atoms with Crippen LogP contribution in [0, 0.1) is 17.0 Å². The van der Waals surface area contributed by atoms with Crippen LogP contribution in [-0.2, 0) is 10.2 Å². The number of hydrogen-bond donors (Lipinski definition) is 1. The number of rotatable bonds is 4. The van der Waals surface area contributed by atoms with E-state index in [1.165, 1.54) is 18.2 Å². The van der Waals surface area contributed by atoms with Gasteiger partial charge in [-0.15, -0.1) is 5.75 Å². The Hall–Kier alpha value is -3.22. The lowest BCUT2D eigenvalue weighted by Gasteiger charge is -2.24. The van der Waals surface area contributed by atoms with Gasteiger partial charge in [0.05, 0.1) is 16.3 Å². The van der Waals surface area contributed by atoms with Gasteiger partial charge in [-0.2, -0.15) is 4.58 Å². The average Bonchev–Trinajstić information content (AvgIpc) is 3.17. The van der Waals surface area contributed by atoms with Crippen LogP contribution in [-0.4, -0.2) is 33.7 Å². The first-order chi connectivity index (χ1) is 14.2. The van der Waals surface area contributed by atoms with Crippen molar-refractivity contribution in [1.82, 2.24) is 5.32 Å². The number of nitro groups is 1. The molecule has 2 aliphatic heterocycles. The summed E-state index contributed by atoms with van der Waals surface area (Å²) in [4.78, 5) is 24.0. The first-order valence-electron chi connectivity index (χ1n) is 10.2. The van der Waals surface area contributed by atoms with Gasteiger partial charge in [0.25, 0.3) is 11.6 Å². The molecule has 0 spiro atoms. The molecule has 0 saturated carbocycles. The lowest BCUT2D eigenvalue weighted by atomic mass is 9.76. The van der Waals surface area contributed by atoms with Gasteiger partial charge >= 0.3 is 0 Å². The van der Waals surface area contributed by atoms with Crippen LogP contribution in [0.5, 0.6) is 5.75 Å². The summed E-state index contributed by atoms with van der Waals surface area (Å²) < 4.78 is 2.06. The Morgan fingerprint density at radius 1 is 1.27 bits per heavy atom. The zero-order chi connectivity index (χ0) is 21.8. The third-order valence-electron chi connectivity index (χ3n) is 6.39. The van der Waals surface area contributed by atoms with E-state index in [4.69, 9.17) is 0 Å². The number of non-ortho nitro benzene ring substituents is 1. The molecule has 2 aliphatic rings. The highest BCUT2D eigenvalue weighted by molar-refractivity contribution is 5.99. The van der Waals surface area contributed by atoms with Crippen LogP contribution in [0.15, 0.2) is 36.4 Å². The van der Waals surface area contributed by atoms with Gasteiger partial charge in [-0.1, -0.05) is 17.7 Å². The van der Waals surface area contributed by atoms with E-state index in [-0.39, 0.29) is 22.8 Å². The molecular weight excluding hydrogens is 382 g/mol. The Kier molecular flexibility index (Phi) is 4.64. The van der Waals surface area contributed by atoms with Crippen molar-refractivity contribution in [3.05, 3.63) is 63.2 Å². The van der Waals surface area contributed by atoms with Gasteiger partial charge in [0.1, 0.15) is 0 Å². The van der Waals surface area contributed by atoms with Crippen LogP contribution in [0.2, 0.25) is 0 Å². The molecule has 1 N–H and O–H groups in total. The molecule has 4 rings (SSSR count). The van der Waals surface area contributed by atoms with Crippen LogP contribution in [0.3, 0.4) is 0 Å². The fourth-order valence-electron chi connectivity index (χ4n) is 4.93. The maximum Gasteiger partial charge on any atom is 0.289 e. The largest absolute Gasteiger partial charge is 0.872 e. The molecule has 0 aromatic heterocycles. The molecule has 1 amide bonds. The number of aryl methyl sites for hydroxylation is 1. The van der Waals surface area contributed by atoms with E-state index in [1.54, 1.807) is 0 Å². The number of nitrogens with one attached hydrogen (secondary N) is 1. The zero-order valence-corrected chi connectivity index (χ0v) is 17.6. The first kappa shape index (κ1) is 20.1. The second kappa shape index (κ2) is 6.93.